The summed E-state index contributed by atoms with van der Waals surface area (Å²) in [6, 6.07) is 3.41. The second kappa shape index (κ2) is 7.46. The Morgan fingerprint density at radius 3 is 2.75 bits per heavy atom. The second-order valence-electron chi connectivity index (χ2n) is 7.32. The van der Waals surface area contributed by atoms with E-state index in [-0.39, 0.29) is 28.1 Å². The maximum atomic E-state index is 14.0. The van der Waals surface area contributed by atoms with Gasteiger partial charge in [0, 0.05) is 10.3 Å². The van der Waals surface area contributed by atoms with Gasteiger partial charge in [-0.25, -0.2) is 9.37 Å². The van der Waals surface area contributed by atoms with Crippen molar-refractivity contribution in [3.05, 3.63) is 40.2 Å². The molecule has 2 aromatic rings. The summed E-state index contributed by atoms with van der Waals surface area (Å²) < 4.78 is 35.7. The Hall–Kier alpha value is -1.97. The third kappa shape index (κ3) is 3.54. The smallest absolute Gasteiger partial charge is 0.230 e. The van der Waals surface area contributed by atoms with E-state index in [0.717, 1.165) is 50.3 Å². The lowest BCUT2D eigenvalue weighted by Crippen LogP contribution is -2.32. The number of aryl methyl sites for hydroxylation is 1. The summed E-state index contributed by atoms with van der Waals surface area (Å²) >= 11 is -1.34. The van der Waals surface area contributed by atoms with Crippen LogP contribution in [0, 0.1) is 11.2 Å². The van der Waals surface area contributed by atoms with Crippen LogP contribution in [0.2, 0.25) is 0 Å². The largest absolute Gasteiger partial charge is 0.768 e. The van der Waals surface area contributed by atoms with Gasteiger partial charge in [-0.1, -0.05) is 30.2 Å². The molecule has 9 heteroatoms. The van der Waals surface area contributed by atoms with E-state index in [4.69, 9.17) is 0 Å². The van der Waals surface area contributed by atoms with E-state index >= 15 is 0 Å². The highest BCUT2D eigenvalue weighted by atomic mass is 32.2. The molecular formula is C19H18FN2O4S2-. The highest BCUT2D eigenvalue weighted by Gasteiger charge is 2.45. The number of rotatable bonds is 4. The van der Waals surface area contributed by atoms with Crippen molar-refractivity contribution in [3.8, 4) is 0 Å². The Bertz CT molecular complexity index is 982. The van der Waals surface area contributed by atoms with Gasteiger partial charge in [-0.2, -0.15) is 0 Å². The minimum absolute atomic E-state index is 0.0917. The molecule has 1 amide bonds. The number of halogens is 1. The Kier molecular flexibility index (Phi) is 5.15. The van der Waals surface area contributed by atoms with Crippen molar-refractivity contribution >= 4 is 39.2 Å². The van der Waals surface area contributed by atoms with E-state index in [2.05, 4.69) is 10.3 Å². The third-order valence-corrected chi connectivity index (χ3v) is 7.25. The Labute approximate surface area is 167 Å². The van der Waals surface area contributed by atoms with Gasteiger partial charge in [0.05, 0.1) is 17.0 Å². The zero-order valence-electron chi connectivity index (χ0n) is 15.0. The molecule has 1 aromatic heterocycles. The lowest BCUT2D eigenvalue weighted by atomic mass is 9.73. The zero-order valence-corrected chi connectivity index (χ0v) is 16.6. The molecule has 2 aliphatic carbocycles. The summed E-state index contributed by atoms with van der Waals surface area (Å²) in [5.74, 6) is -1.07. The van der Waals surface area contributed by atoms with Gasteiger partial charge in [-0.3, -0.25) is 13.8 Å². The number of hydrogen-bond donors (Lipinski definition) is 1. The maximum absolute atomic E-state index is 14.0. The molecule has 1 unspecified atom stereocenters. The topological polar surface area (TPSA) is 99.2 Å². The average molecular weight is 421 g/mol. The fourth-order valence-corrected chi connectivity index (χ4v) is 5.57. The molecule has 0 aliphatic heterocycles. The van der Waals surface area contributed by atoms with Crippen molar-refractivity contribution < 1.29 is 22.7 Å². The predicted molar refractivity (Wildman–Crippen MR) is 102 cm³/mol. The van der Waals surface area contributed by atoms with E-state index in [1.807, 2.05) is 0 Å². The molecule has 1 spiro atoms. The quantitative estimate of drug-likeness (QED) is 0.763. The number of ketones is 1. The predicted octanol–water partition coefficient (Wildman–Crippen LogP) is 3.39. The summed E-state index contributed by atoms with van der Waals surface area (Å²) in [7, 11) is 0. The fraction of sp³-hybridized carbons (Fsp3) is 0.421. The van der Waals surface area contributed by atoms with E-state index in [0.29, 0.717) is 10.0 Å². The molecule has 0 saturated heterocycles. The van der Waals surface area contributed by atoms with Gasteiger partial charge in [-0.15, -0.1) is 0 Å². The van der Waals surface area contributed by atoms with Gasteiger partial charge < -0.3 is 9.87 Å². The first-order valence-electron chi connectivity index (χ1n) is 9.10. The van der Waals surface area contributed by atoms with Crippen molar-refractivity contribution in [2.24, 2.45) is 5.41 Å². The molecule has 1 heterocycles. The number of nitrogens with zero attached hydrogens (tertiary/aromatic N) is 1. The highest BCUT2D eigenvalue weighted by Crippen LogP contribution is 2.49. The van der Waals surface area contributed by atoms with Crippen LogP contribution in [0.25, 0.3) is 0 Å². The molecule has 2 aliphatic rings. The van der Waals surface area contributed by atoms with Crippen molar-refractivity contribution in [2.45, 2.75) is 49.8 Å². The van der Waals surface area contributed by atoms with Crippen LogP contribution < -0.4 is 5.32 Å². The Morgan fingerprint density at radius 1 is 1.32 bits per heavy atom. The number of carbonyl (C=O) groups excluding carboxylic acids is 2. The molecule has 1 saturated carbocycles. The lowest BCUT2D eigenvalue weighted by molar-refractivity contribution is -0.115. The van der Waals surface area contributed by atoms with E-state index < -0.39 is 22.8 Å². The first-order valence-corrected chi connectivity index (χ1v) is 11.0. The number of carbonyl (C=O) groups is 2. The summed E-state index contributed by atoms with van der Waals surface area (Å²) in [4.78, 5) is 30.1. The monoisotopic (exact) mass is 421 g/mol. The molecule has 0 radical (unpaired) electrons. The normalized spacial score (nSPS) is 18.9. The maximum Gasteiger partial charge on any atom is 0.230 e. The Morgan fingerprint density at radius 2 is 2.07 bits per heavy atom. The number of aromatic nitrogens is 1. The molecule has 1 atom stereocenters. The number of benzene rings is 1. The number of anilines is 1. The average Bonchev–Trinajstić information content (AvgIpc) is 3.28. The fourth-order valence-electron chi connectivity index (χ4n) is 4.10. The van der Waals surface area contributed by atoms with Gasteiger partial charge in [0.25, 0.3) is 0 Å². The number of fused-ring (bicyclic) bond motifs is 1. The Balaban J connectivity index is 1.46. The van der Waals surface area contributed by atoms with Crippen LogP contribution in [0.5, 0.6) is 0 Å². The summed E-state index contributed by atoms with van der Waals surface area (Å²) in [5, 5.41) is 2.98. The number of hydrogen-bond acceptors (Lipinski definition) is 6. The molecule has 1 N–H and O–H groups in total. The number of Topliss-reactive ketones (excluding diaryl/α,β-unsaturated/α-hetero) is 1. The lowest BCUT2D eigenvalue weighted by Gasteiger charge is -2.30. The van der Waals surface area contributed by atoms with E-state index in [1.165, 1.54) is 23.5 Å². The first-order chi connectivity index (χ1) is 13.4. The van der Waals surface area contributed by atoms with Crippen LogP contribution in [-0.2, 0) is 28.7 Å². The van der Waals surface area contributed by atoms with Gasteiger partial charge in [0.2, 0.25) is 5.91 Å². The molecule has 148 valence electrons. The second-order valence-corrected chi connectivity index (χ2v) is 9.26. The zero-order chi connectivity index (χ0) is 19.9. The van der Waals surface area contributed by atoms with Crippen LogP contribution in [0.3, 0.4) is 0 Å². The van der Waals surface area contributed by atoms with Gasteiger partial charge >= 0.3 is 0 Å². The van der Waals surface area contributed by atoms with E-state index in [1.54, 1.807) is 0 Å². The van der Waals surface area contributed by atoms with E-state index in [9.17, 15) is 22.7 Å². The molecule has 28 heavy (non-hydrogen) atoms. The highest BCUT2D eigenvalue weighted by molar-refractivity contribution is 7.79. The molecular weight excluding hydrogens is 403 g/mol. The third-order valence-electron chi connectivity index (χ3n) is 5.60. The van der Waals surface area contributed by atoms with Crippen molar-refractivity contribution in [1.29, 1.82) is 0 Å². The van der Waals surface area contributed by atoms with Crippen LogP contribution in [0.4, 0.5) is 9.52 Å². The van der Waals surface area contributed by atoms with Crippen molar-refractivity contribution in [2.75, 3.05) is 5.32 Å². The SMILES string of the molecule is O=C(Cc1ccc(S(=O)[O-])cc1F)Nc1nc2c(s1)C(=O)C1(CCCC1)CC2. The first kappa shape index (κ1) is 19.4. The summed E-state index contributed by atoms with van der Waals surface area (Å²) in [6.07, 6.45) is 5.30. The number of thiazole rings is 1. The molecule has 1 fully saturated rings. The van der Waals surface area contributed by atoms with Crippen molar-refractivity contribution in [3.63, 3.8) is 0 Å². The van der Waals surface area contributed by atoms with Gasteiger partial charge in [0.15, 0.2) is 10.9 Å². The number of amides is 1. The molecule has 6 nitrogen and oxygen atoms in total. The number of nitrogens with one attached hydrogen (secondary N) is 1. The standard InChI is InChI=1S/C19H19FN2O4S2/c20-13-10-12(28(25)26)4-3-11(13)9-15(23)22-18-21-14-5-8-19(6-1-2-7-19)17(24)16(14)27-18/h3-4,10H,1-2,5-9H2,(H,25,26)(H,21,22,23)/p-1. The summed E-state index contributed by atoms with van der Waals surface area (Å²) in [5.41, 5.74) is 0.582. The van der Waals surface area contributed by atoms with Gasteiger partial charge in [0.1, 0.15) is 5.82 Å². The van der Waals surface area contributed by atoms with Crippen LogP contribution >= 0.6 is 11.3 Å². The molecule has 4 rings (SSSR count). The van der Waals surface area contributed by atoms with Crippen LogP contribution in [-0.4, -0.2) is 25.4 Å². The van der Waals surface area contributed by atoms with Crippen molar-refractivity contribution in [1.82, 2.24) is 4.98 Å². The minimum Gasteiger partial charge on any atom is -0.768 e. The molecule has 1 aromatic carbocycles. The van der Waals surface area contributed by atoms with Crippen LogP contribution in [0.1, 0.15) is 53.0 Å². The van der Waals surface area contributed by atoms with Gasteiger partial charge in [-0.05, 0) is 54.5 Å². The minimum atomic E-state index is -2.53. The van der Waals surface area contributed by atoms with Crippen LogP contribution in [0.15, 0.2) is 23.1 Å². The molecule has 0 bridgehead atoms. The summed E-state index contributed by atoms with van der Waals surface area (Å²) in [6.45, 7) is 0.